The number of hydrogen-bond acceptors (Lipinski definition) is 4. The molecule has 0 atom stereocenters. The van der Waals surface area contributed by atoms with Gasteiger partial charge in [-0.2, -0.15) is 0 Å². The number of rotatable bonds is 7. The van der Waals surface area contributed by atoms with Crippen molar-refractivity contribution in [3.63, 3.8) is 0 Å². The lowest BCUT2D eigenvalue weighted by Crippen LogP contribution is -2.35. The van der Waals surface area contributed by atoms with Crippen molar-refractivity contribution < 1.29 is 9.66 Å². The molecule has 20 heavy (non-hydrogen) atoms. The van der Waals surface area contributed by atoms with Crippen molar-refractivity contribution in [2.45, 2.75) is 39.3 Å². The van der Waals surface area contributed by atoms with E-state index in [1.165, 1.54) is 0 Å². The van der Waals surface area contributed by atoms with Gasteiger partial charge in [0, 0.05) is 18.2 Å². The van der Waals surface area contributed by atoms with Crippen LogP contribution >= 0.6 is 0 Å². The third kappa shape index (κ3) is 5.40. The standard InChI is InChI=1S/C15H22N2O3/c1-5-6-9-20-14-8-7-12(10-13(14)17(18)19)11-16-15(2,3)4/h5,7-8,10,16H,1,6,9,11H2,2-4H3. The van der Waals surface area contributed by atoms with Crippen molar-refractivity contribution >= 4 is 5.69 Å². The lowest BCUT2D eigenvalue weighted by molar-refractivity contribution is -0.385. The Kier molecular flexibility index (Phi) is 5.70. The lowest BCUT2D eigenvalue weighted by atomic mass is 10.1. The van der Waals surface area contributed by atoms with Crippen LogP contribution in [-0.2, 0) is 6.54 Å². The Bertz CT molecular complexity index is 478. The zero-order valence-electron chi connectivity index (χ0n) is 12.3. The summed E-state index contributed by atoms with van der Waals surface area (Å²) in [7, 11) is 0. The van der Waals surface area contributed by atoms with Crippen molar-refractivity contribution in [1.82, 2.24) is 5.32 Å². The van der Waals surface area contributed by atoms with Crippen LogP contribution in [0.25, 0.3) is 0 Å². The largest absolute Gasteiger partial charge is 0.486 e. The summed E-state index contributed by atoms with van der Waals surface area (Å²) in [6, 6.07) is 5.05. The molecule has 1 N–H and O–H groups in total. The molecule has 0 heterocycles. The fourth-order valence-electron chi connectivity index (χ4n) is 1.56. The zero-order valence-corrected chi connectivity index (χ0v) is 12.3. The van der Waals surface area contributed by atoms with Gasteiger partial charge in [0.25, 0.3) is 0 Å². The Labute approximate surface area is 119 Å². The second-order valence-electron chi connectivity index (χ2n) is 5.59. The summed E-state index contributed by atoms with van der Waals surface area (Å²) in [5, 5.41) is 14.4. The van der Waals surface area contributed by atoms with Crippen LogP contribution in [0.3, 0.4) is 0 Å². The van der Waals surface area contributed by atoms with E-state index in [4.69, 9.17) is 4.74 Å². The predicted octanol–water partition coefficient (Wildman–Crippen LogP) is 3.44. The fourth-order valence-corrected chi connectivity index (χ4v) is 1.56. The molecule has 0 aliphatic carbocycles. The highest BCUT2D eigenvalue weighted by Gasteiger charge is 2.17. The quantitative estimate of drug-likeness (QED) is 0.359. The van der Waals surface area contributed by atoms with E-state index in [0.717, 1.165) is 5.56 Å². The van der Waals surface area contributed by atoms with Gasteiger partial charge in [-0.3, -0.25) is 10.1 Å². The smallest absolute Gasteiger partial charge is 0.311 e. The molecule has 0 aliphatic heterocycles. The summed E-state index contributed by atoms with van der Waals surface area (Å²) < 4.78 is 5.41. The van der Waals surface area contributed by atoms with Crippen LogP contribution in [-0.4, -0.2) is 17.1 Å². The maximum Gasteiger partial charge on any atom is 0.311 e. The molecule has 1 rings (SSSR count). The van der Waals surface area contributed by atoms with Crippen molar-refractivity contribution in [3.05, 3.63) is 46.5 Å². The second kappa shape index (κ2) is 7.05. The number of hydrogen-bond donors (Lipinski definition) is 1. The van der Waals surface area contributed by atoms with Crippen molar-refractivity contribution in [2.75, 3.05) is 6.61 Å². The van der Waals surface area contributed by atoms with Gasteiger partial charge in [0.15, 0.2) is 5.75 Å². The molecule has 0 amide bonds. The monoisotopic (exact) mass is 278 g/mol. The summed E-state index contributed by atoms with van der Waals surface area (Å²) in [4.78, 5) is 10.7. The molecule has 5 heteroatoms. The van der Waals surface area contributed by atoms with Crippen LogP contribution in [0.5, 0.6) is 5.75 Å². The van der Waals surface area contributed by atoms with Crippen molar-refractivity contribution in [2.24, 2.45) is 0 Å². The predicted molar refractivity (Wildman–Crippen MR) is 80.0 cm³/mol. The van der Waals surface area contributed by atoms with Gasteiger partial charge in [0.1, 0.15) is 0 Å². The van der Waals surface area contributed by atoms with E-state index in [-0.39, 0.29) is 11.2 Å². The summed E-state index contributed by atoms with van der Waals surface area (Å²) in [5.41, 5.74) is 0.832. The van der Waals surface area contributed by atoms with Crippen LogP contribution in [0.4, 0.5) is 5.69 Å². The minimum atomic E-state index is -0.413. The average Bonchev–Trinajstić information content (AvgIpc) is 2.36. The van der Waals surface area contributed by atoms with E-state index in [0.29, 0.717) is 25.3 Å². The number of nitrogens with one attached hydrogen (secondary N) is 1. The molecular weight excluding hydrogens is 256 g/mol. The summed E-state index contributed by atoms with van der Waals surface area (Å²) in [5.74, 6) is 0.302. The fraction of sp³-hybridized carbons (Fsp3) is 0.467. The van der Waals surface area contributed by atoms with E-state index in [2.05, 4.69) is 11.9 Å². The molecule has 0 unspecified atom stereocenters. The van der Waals surface area contributed by atoms with Gasteiger partial charge in [-0.15, -0.1) is 6.58 Å². The average molecular weight is 278 g/mol. The van der Waals surface area contributed by atoms with Gasteiger partial charge in [0.05, 0.1) is 11.5 Å². The van der Waals surface area contributed by atoms with Crippen molar-refractivity contribution in [1.29, 1.82) is 0 Å². The Morgan fingerprint density at radius 3 is 2.70 bits per heavy atom. The Hall–Kier alpha value is -1.88. The van der Waals surface area contributed by atoms with Gasteiger partial charge in [0.2, 0.25) is 0 Å². The van der Waals surface area contributed by atoms with Gasteiger partial charge in [-0.1, -0.05) is 12.1 Å². The van der Waals surface area contributed by atoms with E-state index in [1.54, 1.807) is 18.2 Å². The Balaban J connectivity index is 2.83. The van der Waals surface area contributed by atoms with Gasteiger partial charge >= 0.3 is 5.69 Å². The summed E-state index contributed by atoms with van der Waals surface area (Å²) in [6.07, 6.45) is 2.37. The first-order valence-corrected chi connectivity index (χ1v) is 6.59. The Morgan fingerprint density at radius 2 is 2.15 bits per heavy atom. The van der Waals surface area contributed by atoms with Gasteiger partial charge in [-0.05, 0) is 38.8 Å². The van der Waals surface area contributed by atoms with Crippen LogP contribution in [0.1, 0.15) is 32.8 Å². The molecule has 0 saturated heterocycles. The number of nitro groups is 1. The van der Waals surface area contributed by atoms with Crippen LogP contribution in [0, 0.1) is 10.1 Å². The van der Waals surface area contributed by atoms with Crippen LogP contribution in [0.2, 0.25) is 0 Å². The number of benzene rings is 1. The summed E-state index contributed by atoms with van der Waals surface area (Å²) in [6.45, 7) is 10.7. The molecule has 0 aromatic heterocycles. The first-order valence-electron chi connectivity index (χ1n) is 6.59. The van der Waals surface area contributed by atoms with E-state index in [1.807, 2.05) is 26.8 Å². The highest BCUT2D eigenvalue weighted by Crippen LogP contribution is 2.28. The first kappa shape index (κ1) is 16.2. The molecule has 110 valence electrons. The number of nitro benzene ring substituents is 1. The topological polar surface area (TPSA) is 64.4 Å². The van der Waals surface area contributed by atoms with Crippen LogP contribution in [0.15, 0.2) is 30.9 Å². The molecule has 0 spiro atoms. The third-order valence-corrected chi connectivity index (χ3v) is 2.62. The van der Waals surface area contributed by atoms with E-state index < -0.39 is 4.92 Å². The molecule has 0 bridgehead atoms. The molecule has 5 nitrogen and oxygen atoms in total. The Morgan fingerprint density at radius 1 is 1.45 bits per heavy atom. The minimum absolute atomic E-state index is 0.00210. The first-order chi connectivity index (χ1) is 9.33. The SMILES string of the molecule is C=CCCOc1ccc(CNC(C)(C)C)cc1[N+](=O)[O-]. The lowest BCUT2D eigenvalue weighted by Gasteiger charge is -2.20. The molecule has 1 aromatic rings. The minimum Gasteiger partial charge on any atom is -0.486 e. The van der Waals surface area contributed by atoms with E-state index >= 15 is 0 Å². The molecule has 0 radical (unpaired) electrons. The highest BCUT2D eigenvalue weighted by atomic mass is 16.6. The van der Waals surface area contributed by atoms with E-state index in [9.17, 15) is 10.1 Å². The van der Waals surface area contributed by atoms with Gasteiger partial charge in [-0.25, -0.2) is 0 Å². The maximum absolute atomic E-state index is 11.1. The summed E-state index contributed by atoms with van der Waals surface area (Å²) >= 11 is 0. The normalized spacial score (nSPS) is 11.2. The third-order valence-electron chi connectivity index (χ3n) is 2.62. The molecule has 0 fully saturated rings. The van der Waals surface area contributed by atoms with Crippen LogP contribution < -0.4 is 10.1 Å². The molecule has 1 aromatic carbocycles. The van der Waals surface area contributed by atoms with Crippen molar-refractivity contribution in [3.8, 4) is 5.75 Å². The molecular formula is C15H22N2O3. The second-order valence-corrected chi connectivity index (χ2v) is 5.59. The highest BCUT2D eigenvalue weighted by molar-refractivity contribution is 5.48. The van der Waals surface area contributed by atoms with Gasteiger partial charge < -0.3 is 10.1 Å². The number of ether oxygens (including phenoxy) is 1. The maximum atomic E-state index is 11.1. The zero-order chi connectivity index (χ0) is 15.2. The molecule has 0 saturated carbocycles. The molecule has 0 aliphatic rings. The number of nitrogens with zero attached hydrogens (tertiary/aromatic N) is 1.